The zero-order valence-corrected chi connectivity index (χ0v) is 20.1. The predicted molar refractivity (Wildman–Crippen MR) is 136 cm³/mol. The summed E-state index contributed by atoms with van der Waals surface area (Å²) in [7, 11) is 0. The highest BCUT2D eigenvalue weighted by atomic mass is 16.2. The average Bonchev–Trinajstić information content (AvgIpc) is 2.82. The van der Waals surface area contributed by atoms with Gasteiger partial charge in [0.05, 0.1) is 10.9 Å². The minimum absolute atomic E-state index is 0.215. The first-order valence-electron chi connectivity index (χ1n) is 12.7. The summed E-state index contributed by atoms with van der Waals surface area (Å²) in [6.07, 6.45) is 7.19. The molecular formula is C28H32N4O3. The summed E-state index contributed by atoms with van der Waals surface area (Å²) in [5.41, 5.74) is 2.59. The van der Waals surface area contributed by atoms with E-state index in [1.165, 1.54) is 23.0 Å². The zero-order valence-electron chi connectivity index (χ0n) is 20.1. The van der Waals surface area contributed by atoms with E-state index in [0.717, 1.165) is 31.4 Å². The Morgan fingerprint density at radius 3 is 2.37 bits per heavy atom. The van der Waals surface area contributed by atoms with Gasteiger partial charge in [-0.15, -0.1) is 0 Å². The van der Waals surface area contributed by atoms with E-state index in [9.17, 15) is 14.4 Å². The molecule has 1 atom stereocenters. The topological polar surface area (TPSA) is 93.1 Å². The Morgan fingerprint density at radius 2 is 1.66 bits per heavy atom. The molecule has 2 heterocycles. The van der Waals surface area contributed by atoms with Crippen LogP contribution < -0.4 is 16.2 Å². The van der Waals surface area contributed by atoms with Crippen molar-refractivity contribution in [2.45, 2.75) is 76.3 Å². The van der Waals surface area contributed by atoms with Crippen LogP contribution in [0.25, 0.3) is 10.9 Å². The molecule has 2 fully saturated rings. The number of hydrogen-bond donors (Lipinski definition) is 2. The lowest BCUT2D eigenvalue weighted by atomic mass is 9.84. The molecular weight excluding hydrogens is 440 g/mol. The molecule has 5 rings (SSSR count). The average molecular weight is 473 g/mol. The van der Waals surface area contributed by atoms with Gasteiger partial charge in [-0.1, -0.05) is 49.2 Å². The van der Waals surface area contributed by atoms with E-state index in [2.05, 4.69) is 45.9 Å². The molecule has 1 saturated carbocycles. The van der Waals surface area contributed by atoms with Crippen LogP contribution in [0.15, 0.2) is 53.3 Å². The van der Waals surface area contributed by atoms with Crippen molar-refractivity contribution in [3.05, 3.63) is 70.3 Å². The largest absolute Gasteiger partial charge is 0.382 e. The number of aryl methyl sites for hydroxylation is 1. The van der Waals surface area contributed by atoms with Gasteiger partial charge in [-0.3, -0.25) is 24.3 Å². The third-order valence-corrected chi connectivity index (χ3v) is 7.47. The fourth-order valence-corrected chi connectivity index (χ4v) is 5.70. The number of nitrogens with zero attached hydrogens (tertiary/aromatic N) is 2. The van der Waals surface area contributed by atoms with Gasteiger partial charge in [0.1, 0.15) is 11.9 Å². The molecule has 1 saturated heterocycles. The standard InChI is InChI=1S/C28H32N4O3/c1-18-29-22-14-7-15-23(26(22)28(35)32(18)24-16-17-25(33)31-27(24)34)30-21-12-5-10-20(11-6-13-21)19-8-3-2-4-9-19/h2-4,7-9,14-15,20-21,24,30H,5-6,10-13,16-17H2,1H3,(H,31,33,34). The number of carbonyl (C=O) groups excluding carboxylic acids is 2. The predicted octanol–water partition coefficient (Wildman–Crippen LogP) is 4.60. The minimum atomic E-state index is -0.721. The molecule has 1 aliphatic carbocycles. The number of nitrogens with one attached hydrogen (secondary N) is 2. The number of fused-ring (bicyclic) bond motifs is 1. The molecule has 1 aromatic heterocycles. The van der Waals surface area contributed by atoms with Gasteiger partial charge in [0.15, 0.2) is 0 Å². The van der Waals surface area contributed by atoms with E-state index in [-0.39, 0.29) is 23.9 Å². The van der Waals surface area contributed by atoms with Crippen molar-refractivity contribution in [3.63, 3.8) is 0 Å². The van der Waals surface area contributed by atoms with Crippen LogP contribution in [-0.2, 0) is 9.59 Å². The van der Waals surface area contributed by atoms with Crippen molar-refractivity contribution in [2.75, 3.05) is 5.32 Å². The van der Waals surface area contributed by atoms with E-state index in [1.54, 1.807) is 6.92 Å². The van der Waals surface area contributed by atoms with Crippen LogP contribution in [0.4, 0.5) is 5.69 Å². The van der Waals surface area contributed by atoms with Crippen LogP contribution in [0.5, 0.6) is 0 Å². The highest BCUT2D eigenvalue weighted by molar-refractivity contribution is 5.99. The third kappa shape index (κ3) is 4.85. The maximum atomic E-state index is 13.7. The van der Waals surface area contributed by atoms with Crippen LogP contribution in [0.1, 0.15) is 74.7 Å². The summed E-state index contributed by atoms with van der Waals surface area (Å²) in [6, 6.07) is 16.0. The second-order valence-corrected chi connectivity index (χ2v) is 9.81. The first kappa shape index (κ1) is 23.3. The SMILES string of the molecule is Cc1nc2cccc(NC3CCCC(c4ccccc4)CCC3)c2c(=O)n1C1CCC(=O)NC1=O. The maximum Gasteiger partial charge on any atom is 0.264 e. The number of rotatable bonds is 4. The molecule has 0 spiro atoms. The summed E-state index contributed by atoms with van der Waals surface area (Å²) in [4.78, 5) is 42.5. The van der Waals surface area contributed by atoms with Gasteiger partial charge in [-0.05, 0) is 62.6 Å². The van der Waals surface area contributed by atoms with Crippen molar-refractivity contribution in [3.8, 4) is 0 Å². The van der Waals surface area contributed by atoms with Crippen molar-refractivity contribution in [2.24, 2.45) is 0 Å². The molecule has 7 nitrogen and oxygen atoms in total. The van der Waals surface area contributed by atoms with Gasteiger partial charge in [-0.2, -0.15) is 0 Å². The Bertz CT molecular complexity index is 1290. The van der Waals surface area contributed by atoms with Gasteiger partial charge >= 0.3 is 0 Å². The van der Waals surface area contributed by atoms with Crippen LogP contribution in [0, 0.1) is 6.92 Å². The summed E-state index contributed by atoms with van der Waals surface area (Å²) in [5.74, 6) is 0.354. The fraction of sp³-hybridized carbons (Fsp3) is 0.429. The number of hydrogen-bond acceptors (Lipinski definition) is 5. The summed E-state index contributed by atoms with van der Waals surface area (Å²) < 4.78 is 1.46. The number of amides is 2. The van der Waals surface area contributed by atoms with Gasteiger partial charge in [-0.25, -0.2) is 4.98 Å². The normalized spacial score (nSPS) is 23.4. The Balaban J connectivity index is 1.38. The molecule has 35 heavy (non-hydrogen) atoms. The van der Waals surface area contributed by atoms with Gasteiger partial charge in [0.25, 0.3) is 5.56 Å². The van der Waals surface area contributed by atoms with E-state index >= 15 is 0 Å². The van der Waals surface area contributed by atoms with Crippen LogP contribution >= 0.6 is 0 Å². The molecule has 2 N–H and O–H groups in total. The lowest BCUT2D eigenvalue weighted by Crippen LogP contribution is -2.45. The minimum Gasteiger partial charge on any atom is -0.382 e. The smallest absolute Gasteiger partial charge is 0.264 e. The zero-order chi connectivity index (χ0) is 24.4. The molecule has 1 unspecified atom stereocenters. The Kier molecular flexibility index (Phi) is 6.66. The van der Waals surface area contributed by atoms with Crippen molar-refractivity contribution >= 4 is 28.4 Å². The fourth-order valence-electron chi connectivity index (χ4n) is 5.70. The quantitative estimate of drug-likeness (QED) is 0.542. The van der Waals surface area contributed by atoms with Crippen LogP contribution in [0.3, 0.4) is 0 Å². The van der Waals surface area contributed by atoms with Crippen LogP contribution in [-0.4, -0.2) is 27.4 Å². The molecule has 182 valence electrons. The number of benzene rings is 2. The Labute approximate surface area is 205 Å². The first-order chi connectivity index (χ1) is 17.0. The second-order valence-electron chi connectivity index (χ2n) is 9.81. The van der Waals surface area contributed by atoms with Crippen molar-refractivity contribution in [1.29, 1.82) is 0 Å². The lowest BCUT2D eigenvalue weighted by molar-refractivity contribution is -0.135. The van der Waals surface area contributed by atoms with E-state index < -0.39 is 11.9 Å². The van der Waals surface area contributed by atoms with E-state index in [1.807, 2.05) is 18.2 Å². The number of aromatic nitrogens is 2. The number of piperidine rings is 1. The Hall–Kier alpha value is -3.48. The maximum absolute atomic E-state index is 13.7. The van der Waals surface area contributed by atoms with Crippen molar-refractivity contribution < 1.29 is 9.59 Å². The Morgan fingerprint density at radius 1 is 0.914 bits per heavy atom. The summed E-state index contributed by atoms with van der Waals surface area (Å²) >= 11 is 0. The van der Waals surface area contributed by atoms with Gasteiger partial charge in [0.2, 0.25) is 11.8 Å². The monoisotopic (exact) mass is 472 g/mol. The highest BCUT2D eigenvalue weighted by Gasteiger charge is 2.31. The molecule has 3 aromatic rings. The number of carbonyl (C=O) groups is 2. The highest BCUT2D eigenvalue weighted by Crippen LogP contribution is 2.32. The van der Waals surface area contributed by atoms with Crippen molar-refractivity contribution in [1.82, 2.24) is 14.9 Å². The molecule has 0 radical (unpaired) electrons. The van der Waals surface area contributed by atoms with E-state index in [0.29, 0.717) is 29.1 Å². The second kappa shape index (κ2) is 10.0. The molecule has 1 aliphatic heterocycles. The molecule has 0 bridgehead atoms. The third-order valence-electron chi connectivity index (χ3n) is 7.47. The van der Waals surface area contributed by atoms with Crippen LogP contribution in [0.2, 0.25) is 0 Å². The molecule has 2 aromatic carbocycles. The first-order valence-corrected chi connectivity index (χ1v) is 12.7. The summed E-state index contributed by atoms with van der Waals surface area (Å²) in [5, 5.41) is 6.51. The summed E-state index contributed by atoms with van der Waals surface area (Å²) in [6.45, 7) is 1.74. The van der Waals surface area contributed by atoms with Gasteiger partial charge in [0, 0.05) is 18.2 Å². The van der Waals surface area contributed by atoms with E-state index in [4.69, 9.17) is 0 Å². The number of imide groups is 1. The molecule has 7 heteroatoms. The van der Waals surface area contributed by atoms with Gasteiger partial charge < -0.3 is 5.32 Å². The number of anilines is 1. The molecule has 2 aliphatic rings. The lowest BCUT2D eigenvalue weighted by Gasteiger charge is -2.27. The molecule has 2 amide bonds.